The van der Waals surface area contributed by atoms with Gasteiger partial charge in [0.15, 0.2) is 5.78 Å². The Hall–Kier alpha value is -2.23. The molecule has 2 aromatic rings. The fourth-order valence-electron chi connectivity index (χ4n) is 2.05. The molecule has 4 heteroatoms. The molecule has 0 aliphatic rings. The number of rotatable bonds is 5. The topological polar surface area (TPSA) is 33.2 Å². The SMILES string of the molecule is CCC(=O)c1ccc(N(CC)c2ccccc2F)cn1. The van der Waals surface area contributed by atoms with Crippen molar-refractivity contribution in [2.45, 2.75) is 20.3 Å². The molecular formula is C16H17FN2O. The molecular weight excluding hydrogens is 255 g/mol. The first-order chi connectivity index (χ1) is 9.67. The minimum atomic E-state index is -0.275. The number of para-hydroxylation sites is 1. The lowest BCUT2D eigenvalue weighted by Crippen LogP contribution is -2.17. The molecule has 0 aliphatic heterocycles. The fraction of sp³-hybridized carbons (Fsp3) is 0.250. The highest BCUT2D eigenvalue weighted by molar-refractivity contribution is 5.94. The molecule has 0 amide bonds. The van der Waals surface area contributed by atoms with E-state index in [1.807, 2.05) is 11.8 Å². The minimum Gasteiger partial charge on any atom is -0.338 e. The molecule has 1 heterocycles. The van der Waals surface area contributed by atoms with Crippen LogP contribution < -0.4 is 4.90 Å². The van der Waals surface area contributed by atoms with E-state index in [0.717, 1.165) is 5.69 Å². The number of aromatic nitrogens is 1. The zero-order valence-electron chi connectivity index (χ0n) is 11.6. The molecule has 20 heavy (non-hydrogen) atoms. The van der Waals surface area contributed by atoms with Crippen molar-refractivity contribution in [2.75, 3.05) is 11.4 Å². The molecule has 104 valence electrons. The summed E-state index contributed by atoms with van der Waals surface area (Å²) in [4.78, 5) is 17.5. The molecule has 1 aromatic carbocycles. The van der Waals surface area contributed by atoms with E-state index < -0.39 is 0 Å². The normalized spacial score (nSPS) is 10.3. The van der Waals surface area contributed by atoms with Crippen molar-refractivity contribution in [1.29, 1.82) is 0 Å². The first kappa shape index (κ1) is 14.2. The van der Waals surface area contributed by atoms with E-state index in [1.165, 1.54) is 6.07 Å². The summed E-state index contributed by atoms with van der Waals surface area (Å²) >= 11 is 0. The van der Waals surface area contributed by atoms with Gasteiger partial charge in [-0.1, -0.05) is 19.1 Å². The Balaban J connectivity index is 2.33. The Kier molecular flexibility index (Phi) is 4.45. The average Bonchev–Trinajstić information content (AvgIpc) is 2.50. The lowest BCUT2D eigenvalue weighted by Gasteiger charge is -2.23. The molecule has 0 N–H and O–H groups in total. The second kappa shape index (κ2) is 6.28. The maximum absolute atomic E-state index is 13.9. The zero-order chi connectivity index (χ0) is 14.5. The fourth-order valence-corrected chi connectivity index (χ4v) is 2.05. The van der Waals surface area contributed by atoms with Crippen LogP contribution in [0, 0.1) is 5.82 Å². The molecule has 0 saturated carbocycles. The molecule has 0 atom stereocenters. The van der Waals surface area contributed by atoms with Gasteiger partial charge in [0.2, 0.25) is 0 Å². The van der Waals surface area contributed by atoms with Crippen LogP contribution in [0.5, 0.6) is 0 Å². The molecule has 0 radical (unpaired) electrons. The van der Waals surface area contributed by atoms with E-state index in [0.29, 0.717) is 24.3 Å². The number of pyridine rings is 1. The van der Waals surface area contributed by atoms with Gasteiger partial charge < -0.3 is 4.90 Å². The zero-order valence-corrected chi connectivity index (χ0v) is 11.6. The van der Waals surface area contributed by atoms with Crippen LogP contribution >= 0.6 is 0 Å². The first-order valence-electron chi connectivity index (χ1n) is 6.68. The Morgan fingerprint density at radius 2 is 1.95 bits per heavy atom. The van der Waals surface area contributed by atoms with Gasteiger partial charge in [-0.2, -0.15) is 0 Å². The van der Waals surface area contributed by atoms with Crippen molar-refractivity contribution < 1.29 is 9.18 Å². The molecule has 0 spiro atoms. The lowest BCUT2D eigenvalue weighted by atomic mass is 10.2. The molecule has 0 bridgehead atoms. The van der Waals surface area contributed by atoms with Gasteiger partial charge in [0.1, 0.15) is 11.5 Å². The monoisotopic (exact) mass is 272 g/mol. The molecule has 0 saturated heterocycles. The van der Waals surface area contributed by atoms with E-state index in [4.69, 9.17) is 0 Å². The molecule has 0 unspecified atom stereocenters. The average molecular weight is 272 g/mol. The van der Waals surface area contributed by atoms with Crippen molar-refractivity contribution in [2.24, 2.45) is 0 Å². The highest BCUT2D eigenvalue weighted by Crippen LogP contribution is 2.26. The standard InChI is InChI=1S/C16H17FN2O/c1-3-16(20)14-10-9-12(11-18-14)19(4-2)15-8-6-5-7-13(15)17/h5-11H,3-4H2,1-2H3. The minimum absolute atomic E-state index is 0.00508. The Bertz CT molecular complexity index is 596. The quantitative estimate of drug-likeness (QED) is 0.772. The second-order valence-corrected chi connectivity index (χ2v) is 4.37. The Morgan fingerprint density at radius 1 is 1.20 bits per heavy atom. The summed E-state index contributed by atoms with van der Waals surface area (Å²) in [6.07, 6.45) is 2.04. The lowest BCUT2D eigenvalue weighted by molar-refractivity contribution is 0.0983. The number of nitrogens with zero attached hydrogens (tertiary/aromatic N) is 2. The molecule has 1 aromatic heterocycles. The van der Waals surface area contributed by atoms with Crippen LogP contribution in [0.2, 0.25) is 0 Å². The number of hydrogen-bond acceptors (Lipinski definition) is 3. The van der Waals surface area contributed by atoms with Crippen molar-refractivity contribution >= 4 is 17.2 Å². The summed E-state index contributed by atoms with van der Waals surface area (Å²) in [5, 5.41) is 0. The van der Waals surface area contributed by atoms with Gasteiger partial charge in [0.25, 0.3) is 0 Å². The van der Waals surface area contributed by atoms with E-state index >= 15 is 0 Å². The third kappa shape index (κ3) is 2.85. The Labute approximate surface area is 118 Å². The van der Waals surface area contributed by atoms with Gasteiger partial charge in [-0.25, -0.2) is 4.39 Å². The number of carbonyl (C=O) groups excluding carboxylic acids is 1. The van der Waals surface area contributed by atoms with Crippen LogP contribution in [0.15, 0.2) is 42.6 Å². The largest absolute Gasteiger partial charge is 0.338 e. The van der Waals surface area contributed by atoms with Crippen LogP contribution in [0.3, 0.4) is 0 Å². The summed E-state index contributed by atoms with van der Waals surface area (Å²) in [6.45, 7) is 4.36. The summed E-state index contributed by atoms with van der Waals surface area (Å²) in [6, 6.07) is 10.1. The van der Waals surface area contributed by atoms with Crippen molar-refractivity contribution in [1.82, 2.24) is 4.98 Å². The van der Waals surface area contributed by atoms with Gasteiger partial charge in [-0.3, -0.25) is 9.78 Å². The number of carbonyl (C=O) groups is 1. The second-order valence-electron chi connectivity index (χ2n) is 4.37. The smallest absolute Gasteiger partial charge is 0.180 e. The first-order valence-corrected chi connectivity index (χ1v) is 6.68. The molecule has 0 fully saturated rings. The van der Waals surface area contributed by atoms with Crippen molar-refractivity contribution in [3.05, 3.63) is 54.1 Å². The summed E-state index contributed by atoms with van der Waals surface area (Å²) in [5.41, 5.74) is 1.72. The van der Waals surface area contributed by atoms with Crippen molar-refractivity contribution in [3.63, 3.8) is 0 Å². The molecule has 0 aliphatic carbocycles. The number of benzene rings is 1. The third-order valence-electron chi connectivity index (χ3n) is 3.13. The maximum Gasteiger partial charge on any atom is 0.180 e. The van der Waals surface area contributed by atoms with Gasteiger partial charge in [0.05, 0.1) is 17.6 Å². The predicted octanol–water partition coefficient (Wildman–Crippen LogP) is 3.97. The van der Waals surface area contributed by atoms with Gasteiger partial charge in [-0.15, -0.1) is 0 Å². The maximum atomic E-state index is 13.9. The van der Waals surface area contributed by atoms with Crippen LogP contribution in [0.4, 0.5) is 15.8 Å². The summed E-state index contributed by atoms with van der Waals surface area (Å²) < 4.78 is 13.9. The molecule has 3 nitrogen and oxygen atoms in total. The number of ketones is 1. The van der Waals surface area contributed by atoms with Crippen LogP contribution in [0.1, 0.15) is 30.8 Å². The number of anilines is 2. The number of Topliss-reactive ketones (excluding diaryl/α,β-unsaturated/α-hetero) is 1. The van der Waals surface area contributed by atoms with Gasteiger partial charge in [0, 0.05) is 13.0 Å². The van der Waals surface area contributed by atoms with E-state index in [9.17, 15) is 9.18 Å². The van der Waals surface area contributed by atoms with Crippen LogP contribution in [-0.2, 0) is 0 Å². The third-order valence-corrected chi connectivity index (χ3v) is 3.13. The summed E-state index contributed by atoms with van der Waals surface area (Å²) in [7, 11) is 0. The van der Waals surface area contributed by atoms with Gasteiger partial charge in [-0.05, 0) is 31.2 Å². The van der Waals surface area contributed by atoms with E-state index in [1.54, 1.807) is 43.5 Å². The highest BCUT2D eigenvalue weighted by atomic mass is 19.1. The molecule has 2 rings (SSSR count). The van der Waals surface area contributed by atoms with Crippen LogP contribution in [-0.4, -0.2) is 17.3 Å². The Morgan fingerprint density at radius 3 is 2.50 bits per heavy atom. The highest BCUT2D eigenvalue weighted by Gasteiger charge is 2.12. The summed E-state index contributed by atoms with van der Waals surface area (Å²) in [5.74, 6) is -0.270. The van der Waals surface area contributed by atoms with E-state index in [2.05, 4.69) is 4.98 Å². The van der Waals surface area contributed by atoms with Gasteiger partial charge >= 0.3 is 0 Å². The number of hydrogen-bond donors (Lipinski definition) is 0. The number of halogens is 1. The van der Waals surface area contributed by atoms with Crippen molar-refractivity contribution in [3.8, 4) is 0 Å². The van der Waals surface area contributed by atoms with E-state index in [-0.39, 0.29) is 11.6 Å². The van der Waals surface area contributed by atoms with Crippen LogP contribution in [0.25, 0.3) is 0 Å². The predicted molar refractivity (Wildman–Crippen MR) is 77.9 cm³/mol.